The fraction of sp³-hybridized carbons (Fsp3) is 0.636. The van der Waals surface area contributed by atoms with Crippen molar-refractivity contribution in [3.63, 3.8) is 0 Å². The normalized spacial score (nSPS) is 32.6. The van der Waals surface area contributed by atoms with Crippen molar-refractivity contribution in [2.45, 2.75) is 31.8 Å². The van der Waals surface area contributed by atoms with E-state index in [0.29, 0.717) is 12.3 Å². The van der Waals surface area contributed by atoms with Crippen LogP contribution < -0.4 is 0 Å². The van der Waals surface area contributed by atoms with Crippen LogP contribution in [0, 0.1) is 5.92 Å². The summed E-state index contributed by atoms with van der Waals surface area (Å²) in [6.07, 6.45) is 7.93. The number of ketones is 2. The zero-order valence-corrected chi connectivity index (χ0v) is 8.07. The van der Waals surface area contributed by atoms with E-state index in [4.69, 9.17) is 4.74 Å². The monoisotopic (exact) mass is 194 g/mol. The van der Waals surface area contributed by atoms with Crippen molar-refractivity contribution in [1.29, 1.82) is 0 Å². The quantitative estimate of drug-likeness (QED) is 0.491. The second-order valence-electron chi connectivity index (χ2n) is 3.94. The molecule has 3 nitrogen and oxygen atoms in total. The predicted octanol–water partition coefficient (Wildman–Crippen LogP) is 1.27. The highest BCUT2D eigenvalue weighted by atomic mass is 16.5. The Morgan fingerprint density at radius 2 is 2.29 bits per heavy atom. The summed E-state index contributed by atoms with van der Waals surface area (Å²) in [7, 11) is 0. The van der Waals surface area contributed by atoms with Crippen molar-refractivity contribution in [2.24, 2.45) is 5.92 Å². The second kappa shape index (κ2) is 4.05. The van der Waals surface area contributed by atoms with Crippen molar-refractivity contribution in [3.8, 4) is 0 Å². The number of carbonyl (C=O) groups excluding carboxylic acids is 2. The summed E-state index contributed by atoms with van der Waals surface area (Å²) in [6.45, 7) is -0.0140. The predicted molar refractivity (Wildman–Crippen MR) is 50.9 cm³/mol. The molecule has 2 rings (SSSR count). The Hall–Kier alpha value is -0.960. The van der Waals surface area contributed by atoms with E-state index in [1.807, 2.05) is 0 Å². The standard InChI is InChI=1S/C11H14O3/c12-9-7-14-10(11(9)13)6-8-4-2-1-3-5-8/h2,4,8,10H,1,3,5-7H2. The number of hydrogen-bond acceptors (Lipinski definition) is 3. The fourth-order valence-corrected chi connectivity index (χ4v) is 2.03. The zero-order valence-electron chi connectivity index (χ0n) is 8.07. The third-order valence-corrected chi connectivity index (χ3v) is 2.85. The number of Topliss-reactive ketones (excluding diaryl/α,β-unsaturated/α-hetero) is 2. The lowest BCUT2D eigenvalue weighted by Gasteiger charge is -2.18. The van der Waals surface area contributed by atoms with Gasteiger partial charge < -0.3 is 4.74 Å². The Labute approximate surface area is 83.1 Å². The van der Waals surface area contributed by atoms with E-state index >= 15 is 0 Å². The molecule has 0 saturated carbocycles. The maximum Gasteiger partial charge on any atom is 0.229 e. The molecule has 1 fully saturated rings. The maximum absolute atomic E-state index is 11.3. The van der Waals surface area contributed by atoms with Crippen LogP contribution in [0.15, 0.2) is 12.2 Å². The van der Waals surface area contributed by atoms with E-state index in [2.05, 4.69) is 12.2 Å². The molecule has 0 radical (unpaired) electrons. The minimum Gasteiger partial charge on any atom is -0.362 e. The Morgan fingerprint density at radius 3 is 2.86 bits per heavy atom. The first-order chi connectivity index (χ1) is 6.77. The van der Waals surface area contributed by atoms with Crippen molar-refractivity contribution >= 4 is 11.6 Å². The number of rotatable bonds is 2. The summed E-state index contributed by atoms with van der Waals surface area (Å²) in [4.78, 5) is 22.2. The van der Waals surface area contributed by atoms with Gasteiger partial charge in [-0.05, 0) is 31.6 Å². The summed E-state index contributed by atoms with van der Waals surface area (Å²) in [5, 5.41) is 0. The second-order valence-corrected chi connectivity index (χ2v) is 3.94. The van der Waals surface area contributed by atoms with E-state index in [-0.39, 0.29) is 18.2 Å². The average molecular weight is 194 g/mol. The molecule has 2 aliphatic rings. The number of ether oxygens (including phenoxy) is 1. The summed E-state index contributed by atoms with van der Waals surface area (Å²) >= 11 is 0. The lowest BCUT2D eigenvalue weighted by molar-refractivity contribution is -0.134. The highest BCUT2D eigenvalue weighted by Gasteiger charge is 2.34. The van der Waals surface area contributed by atoms with Gasteiger partial charge in [0.1, 0.15) is 12.7 Å². The lowest BCUT2D eigenvalue weighted by atomic mass is 9.90. The van der Waals surface area contributed by atoms with Gasteiger partial charge >= 0.3 is 0 Å². The van der Waals surface area contributed by atoms with Gasteiger partial charge in [-0.25, -0.2) is 0 Å². The summed E-state index contributed by atoms with van der Waals surface area (Å²) in [5.41, 5.74) is 0. The van der Waals surface area contributed by atoms with Gasteiger partial charge in [0.15, 0.2) is 0 Å². The molecular weight excluding hydrogens is 180 g/mol. The first kappa shape index (κ1) is 9.59. The van der Waals surface area contributed by atoms with Crippen LogP contribution in [0.3, 0.4) is 0 Å². The van der Waals surface area contributed by atoms with E-state index in [0.717, 1.165) is 12.8 Å². The topological polar surface area (TPSA) is 43.4 Å². The molecule has 1 aliphatic heterocycles. The molecule has 0 aromatic rings. The van der Waals surface area contributed by atoms with Crippen LogP contribution in [0.4, 0.5) is 0 Å². The van der Waals surface area contributed by atoms with Gasteiger partial charge in [-0.3, -0.25) is 9.59 Å². The Morgan fingerprint density at radius 1 is 1.43 bits per heavy atom. The SMILES string of the molecule is O=C1COC(CC2C=CCCC2)C1=O. The molecule has 0 spiro atoms. The fourth-order valence-electron chi connectivity index (χ4n) is 2.03. The van der Waals surface area contributed by atoms with Crippen molar-refractivity contribution in [3.05, 3.63) is 12.2 Å². The van der Waals surface area contributed by atoms with Crippen molar-refractivity contribution in [2.75, 3.05) is 6.61 Å². The molecule has 2 unspecified atom stereocenters. The summed E-state index contributed by atoms with van der Waals surface area (Å²) in [5.74, 6) is -0.276. The van der Waals surface area contributed by atoms with Crippen LogP contribution in [0.1, 0.15) is 25.7 Å². The highest BCUT2D eigenvalue weighted by Crippen LogP contribution is 2.24. The average Bonchev–Trinajstić information content (AvgIpc) is 2.52. The van der Waals surface area contributed by atoms with Crippen LogP contribution in [0.2, 0.25) is 0 Å². The first-order valence-corrected chi connectivity index (χ1v) is 5.12. The first-order valence-electron chi connectivity index (χ1n) is 5.12. The van der Waals surface area contributed by atoms with E-state index in [1.54, 1.807) is 0 Å². The van der Waals surface area contributed by atoms with Gasteiger partial charge in [0.25, 0.3) is 0 Å². The van der Waals surface area contributed by atoms with Crippen molar-refractivity contribution < 1.29 is 14.3 Å². The van der Waals surface area contributed by atoms with Gasteiger partial charge in [-0.2, -0.15) is 0 Å². The van der Waals surface area contributed by atoms with Gasteiger partial charge in [0.2, 0.25) is 11.6 Å². The molecule has 3 heteroatoms. The smallest absolute Gasteiger partial charge is 0.229 e. The van der Waals surface area contributed by atoms with Gasteiger partial charge in [-0.15, -0.1) is 0 Å². The third-order valence-electron chi connectivity index (χ3n) is 2.85. The molecule has 1 heterocycles. The van der Waals surface area contributed by atoms with E-state index in [9.17, 15) is 9.59 Å². The molecule has 14 heavy (non-hydrogen) atoms. The van der Waals surface area contributed by atoms with Crippen LogP contribution in [-0.2, 0) is 14.3 Å². The molecule has 0 N–H and O–H groups in total. The number of allylic oxidation sites excluding steroid dienone is 2. The summed E-state index contributed by atoms with van der Waals surface area (Å²) in [6, 6.07) is 0. The third kappa shape index (κ3) is 1.93. The molecule has 0 amide bonds. The van der Waals surface area contributed by atoms with E-state index in [1.165, 1.54) is 6.42 Å². The number of hydrogen-bond donors (Lipinski definition) is 0. The molecule has 0 aromatic heterocycles. The van der Waals surface area contributed by atoms with Crippen LogP contribution >= 0.6 is 0 Å². The number of carbonyl (C=O) groups is 2. The molecular formula is C11H14O3. The maximum atomic E-state index is 11.3. The van der Waals surface area contributed by atoms with Crippen LogP contribution in [0.25, 0.3) is 0 Å². The van der Waals surface area contributed by atoms with Gasteiger partial charge in [-0.1, -0.05) is 12.2 Å². The van der Waals surface area contributed by atoms with Crippen LogP contribution in [-0.4, -0.2) is 24.3 Å². The molecule has 0 bridgehead atoms. The molecule has 76 valence electrons. The van der Waals surface area contributed by atoms with Gasteiger partial charge in [0.05, 0.1) is 0 Å². The molecule has 2 atom stereocenters. The highest BCUT2D eigenvalue weighted by molar-refractivity contribution is 6.41. The Kier molecular flexibility index (Phi) is 2.77. The minimum atomic E-state index is -0.463. The van der Waals surface area contributed by atoms with Crippen LogP contribution in [0.5, 0.6) is 0 Å². The lowest BCUT2D eigenvalue weighted by Crippen LogP contribution is -2.23. The molecule has 0 aromatic carbocycles. The molecule has 1 saturated heterocycles. The summed E-state index contributed by atoms with van der Waals surface area (Å²) < 4.78 is 5.15. The van der Waals surface area contributed by atoms with Gasteiger partial charge in [0, 0.05) is 0 Å². The van der Waals surface area contributed by atoms with E-state index < -0.39 is 6.10 Å². The van der Waals surface area contributed by atoms with Crippen molar-refractivity contribution in [1.82, 2.24) is 0 Å². The minimum absolute atomic E-state index is 0.0140. The molecule has 1 aliphatic carbocycles. The largest absolute Gasteiger partial charge is 0.362 e. The Balaban J connectivity index is 1.91. The zero-order chi connectivity index (χ0) is 9.97. The Bertz CT molecular complexity index is 280.